The van der Waals surface area contributed by atoms with Gasteiger partial charge >= 0.3 is 0 Å². The molecule has 1 aromatic carbocycles. The van der Waals surface area contributed by atoms with Gasteiger partial charge in [0, 0.05) is 49.6 Å². The maximum absolute atomic E-state index is 5.46. The Morgan fingerprint density at radius 3 is 2.55 bits per heavy atom. The van der Waals surface area contributed by atoms with E-state index in [0.717, 1.165) is 91.2 Å². The van der Waals surface area contributed by atoms with Gasteiger partial charge in [0.05, 0.1) is 43.2 Å². The van der Waals surface area contributed by atoms with E-state index in [1.54, 1.807) is 0 Å². The van der Waals surface area contributed by atoms with Gasteiger partial charge in [-0.2, -0.15) is 5.10 Å². The van der Waals surface area contributed by atoms with E-state index in [1.807, 2.05) is 46.0 Å². The Morgan fingerprint density at radius 1 is 0.947 bits per heavy atom. The quantitative estimate of drug-likeness (QED) is 0.372. The monoisotopic (exact) mass is 534 g/mol. The summed E-state index contributed by atoms with van der Waals surface area (Å²) in [5, 5.41) is 17.5. The van der Waals surface area contributed by atoms with Crippen molar-refractivity contribution < 1.29 is 9.47 Å². The van der Waals surface area contributed by atoms with Gasteiger partial charge in [-0.3, -0.25) is 9.67 Å². The van der Waals surface area contributed by atoms with Gasteiger partial charge in [0.25, 0.3) is 0 Å². The second-order valence-corrected chi connectivity index (χ2v) is 9.23. The molecule has 0 radical (unpaired) electrons. The molecule has 2 aliphatic rings. The van der Waals surface area contributed by atoms with Crippen molar-refractivity contribution in [3.63, 3.8) is 0 Å². The zero-order valence-corrected chi connectivity index (χ0v) is 21.9. The third kappa shape index (κ3) is 5.99. The molecule has 10 nitrogen and oxygen atoms in total. The normalized spacial score (nSPS) is 16.1. The van der Waals surface area contributed by atoms with Crippen LogP contribution in [0.3, 0.4) is 0 Å². The zero-order chi connectivity index (χ0) is 24.9. The van der Waals surface area contributed by atoms with Crippen molar-refractivity contribution in [3.8, 4) is 11.3 Å². The largest absolute Gasteiger partial charge is 0.381 e. The molecule has 38 heavy (non-hydrogen) atoms. The number of pyridine rings is 2. The van der Waals surface area contributed by atoms with Gasteiger partial charge < -0.3 is 14.8 Å². The number of ether oxygens (including phenoxy) is 2. The molecule has 11 heteroatoms. The van der Waals surface area contributed by atoms with Gasteiger partial charge in [-0.1, -0.05) is 17.3 Å². The lowest BCUT2D eigenvalue weighted by Crippen LogP contribution is -2.30. The molecular weight excluding hydrogens is 504 g/mol. The van der Waals surface area contributed by atoms with Crippen LogP contribution in [0.5, 0.6) is 0 Å². The minimum Gasteiger partial charge on any atom is -0.381 e. The number of nitrogens with one attached hydrogen (secondary N) is 1. The van der Waals surface area contributed by atoms with Crippen LogP contribution in [0.25, 0.3) is 33.3 Å². The summed E-state index contributed by atoms with van der Waals surface area (Å²) in [7, 11) is 0. The first-order valence-corrected chi connectivity index (χ1v) is 12.8. The Hall–Kier alpha value is -3.44. The summed E-state index contributed by atoms with van der Waals surface area (Å²) in [6, 6.07) is 14.6. The minimum absolute atomic E-state index is 0. The third-order valence-corrected chi connectivity index (χ3v) is 6.67. The molecule has 5 aromatic rings. The van der Waals surface area contributed by atoms with E-state index >= 15 is 0 Å². The van der Waals surface area contributed by atoms with Gasteiger partial charge in [-0.15, -0.1) is 17.5 Å². The van der Waals surface area contributed by atoms with Crippen LogP contribution in [0.2, 0.25) is 0 Å². The summed E-state index contributed by atoms with van der Waals surface area (Å²) in [6.45, 7) is 6.01. The Labute approximate surface area is 226 Å². The average molecular weight is 535 g/mol. The first-order valence-electron chi connectivity index (χ1n) is 12.8. The van der Waals surface area contributed by atoms with Crippen molar-refractivity contribution in [2.75, 3.05) is 39.5 Å². The highest BCUT2D eigenvalue weighted by molar-refractivity contribution is 5.85. The lowest BCUT2D eigenvalue weighted by Gasteiger charge is -2.22. The fraction of sp³-hybridized carbons (Fsp3) is 0.370. The maximum Gasteiger partial charge on any atom is 0.179 e. The van der Waals surface area contributed by atoms with E-state index < -0.39 is 0 Å². The Kier molecular flexibility index (Phi) is 8.54. The number of aromatic nitrogens is 7. The number of morpholine rings is 1. The summed E-state index contributed by atoms with van der Waals surface area (Å²) >= 11 is 0. The lowest BCUT2D eigenvalue weighted by atomic mass is 10.1. The van der Waals surface area contributed by atoms with Crippen molar-refractivity contribution in [2.24, 2.45) is 0 Å². The number of benzene rings is 1. The van der Waals surface area contributed by atoms with E-state index in [1.165, 1.54) is 0 Å². The molecule has 7 rings (SSSR count). The van der Waals surface area contributed by atoms with E-state index in [-0.39, 0.29) is 12.4 Å². The molecule has 1 N–H and O–H groups in total. The maximum atomic E-state index is 5.46. The fourth-order valence-electron chi connectivity index (χ4n) is 4.65. The molecule has 198 valence electrons. The van der Waals surface area contributed by atoms with Crippen LogP contribution in [-0.2, 0) is 16.0 Å². The van der Waals surface area contributed by atoms with Crippen LogP contribution in [0, 0.1) is 0 Å². The van der Waals surface area contributed by atoms with Crippen LogP contribution < -0.4 is 5.32 Å². The molecule has 2 fully saturated rings. The van der Waals surface area contributed by atoms with E-state index in [0.29, 0.717) is 12.6 Å². The SMILES string of the molecule is C1COCCN1.Cl.c1cnc2ccc(Cn3nnc4ccc(-c5cnn(C6CCOCC6)c5)nc43)cc2c1. The summed E-state index contributed by atoms with van der Waals surface area (Å²) in [5.41, 5.74) is 5.53. The second kappa shape index (κ2) is 12.4. The molecule has 6 heterocycles. The van der Waals surface area contributed by atoms with Crippen LogP contribution in [0.4, 0.5) is 0 Å². The number of fused-ring (bicyclic) bond motifs is 2. The highest BCUT2D eigenvalue weighted by Gasteiger charge is 2.17. The topological polar surface area (TPSA) is 105 Å². The molecule has 0 spiro atoms. The highest BCUT2D eigenvalue weighted by Crippen LogP contribution is 2.25. The number of hydrogen-bond donors (Lipinski definition) is 1. The van der Waals surface area contributed by atoms with Gasteiger partial charge in [0.1, 0.15) is 5.52 Å². The van der Waals surface area contributed by atoms with Gasteiger partial charge in [-0.25, -0.2) is 9.67 Å². The summed E-state index contributed by atoms with van der Waals surface area (Å²) in [5.74, 6) is 0. The average Bonchev–Trinajstić information content (AvgIpc) is 3.62. The predicted octanol–water partition coefficient (Wildman–Crippen LogP) is 3.67. The molecule has 0 saturated carbocycles. The summed E-state index contributed by atoms with van der Waals surface area (Å²) in [6.07, 6.45) is 7.75. The van der Waals surface area contributed by atoms with Crippen molar-refractivity contribution in [2.45, 2.75) is 25.4 Å². The van der Waals surface area contributed by atoms with Crippen LogP contribution in [0.1, 0.15) is 24.4 Å². The van der Waals surface area contributed by atoms with Crippen molar-refractivity contribution in [3.05, 3.63) is 66.6 Å². The first-order chi connectivity index (χ1) is 18.3. The minimum atomic E-state index is 0. The van der Waals surface area contributed by atoms with Crippen LogP contribution >= 0.6 is 12.4 Å². The summed E-state index contributed by atoms with van der Waals surface area (Å²) in [4.78, 5) is 9.26. The lowest BCUT2D eigenvalue weighted by molar-refractivity contribution is 0.0662. The standard InChI is InChI=1S/C23H21N7O.C4H9NO.ClH/c1-2-17-12-16(3-4-20(17)24-9-1)14-30-23-22(27-28-30)6-5-21(26-23)18-13-25-29(15-18)19-7-10-31-11-8-19;1-3-6-4-2-5-1;/h1-6,9,12-13,15,19H,7-8,10-11,14H2;5H,1-4H2;1H. The Bertz CT molecular complexity index is 1470. The van der Waals surface area contributed by atoms with E-state index in [4.69, 9.17) is 14.5 Å². The Morgan fingerprint density at radius 2 is 1.76 bits per heavy atom. The second-order valence-electron chi connectivity index (χ2n) is 9.23. The van der Waals surface area contributed by atoms with E-state index in [2.05, 4.69) is 50.1 Å². The zero-order valence-electron chi connectivity index (χ0n) is 21.1. The molecule has 2 aliphatic heterocycles. The Balaban J connectivity index is 0.000000373. The fourth-order valence-corrected chi connectivity index (χ4v) is 4.65. The smallest absolute Gasteiger partial charge is 0.179 e. The number of hydrogen-bond acceptors (Lipinski definition) is 8. The van der Waals surface area contributed by atoms with Gasteiger partial charge in [0.15, 0.2) is 5.65 Å². The highest BCUT2D eigenvalue weighted by atomic mass is 35.5. The molecular formula is C27H31ClN8O2. The molecule has 0 atom stereocenters. The summed E-state index contributed by atoms with van der Waals surface area (Å²) < 4.78 is 14.4. The van der Waals surface area contributed by atoms with Crippen LogP contribution in [-0.4, -0.2) is 74.3 Å². The van der Waals surface area contributed by atoms with Crippen LogP contribution in [0.15, 0.2) is 61.1 Å². The first kappa shape index (κ1) is 26.2. The molecule has 0 amide bonds. The predicted molar refractivity (Wildman–Crippen MR) is 147 cm³/mol. The molecule has 2 saturated heterocycles. The molecule has 0 aliphatic carbocycles. The molecule has 0 unspecified atom stereocenters. The number of halogens is 1. The molecule has 4 aromatic heterocycles. The molecule has 0 bridgehead atoms. The van der Waals surface area contributed by atoms with Crippen molar-refractivity contribution in [1.82, 2.24) is 40.1 Å². The number of nitrogens with zero attached hydrogens (tertiary/aromatic N) is 7. The third-order valence-electron chi connectivity index (χ3n) is 6.67. The van der Waals surface area contributed by atoms with Crippen molar-refractivity contribution >= 4 is 34.5 Å². The van der Waals surface area contributed by atoms with E-state index in [9.17, 15) is 0 Å². The van der Waals surface area contributed by atoms with Gasteiger partial charge in [-0.05, 0) is 48.7 Å². The number of rotatable bonds is 4. The van der Waals surface area contributed by atoms with Gasteiger partial charge in [0.2, 0.25) is 0 Å². The van der Waals surface area contributed by atoms with Crippen molar-refractivity contribution in [1.29, 1.82) is 0 Å².